The van der Waals surface area contributed by atoms with Gasteiger partial charge in [0.1, 0.15) is 5.58 Å². The zero-order valence-corrected chi connectivity index (χ0v) is 12.8. The summed E-state index contributed by atoms with van der Waals surface area (Å²) in [5, 5.41) is 10.7. The standard InChI is InChI=1S/C19H15N3O2/c23-19(15-4-2-14(3-5-15)17-11-21-22-12-17)20-10-13-1-6-18-16(9-13)7-8-24-18/h1-9,11-12H,10H2,(H,20,23)(H,21,22). The summed E-state index contributed by atoms with van der Waals surface area (Å²) in [7, 11) is 0. The molecule has 118 valence electrons. The molecule has 0 aliphatic carbocycles. The summed E-state index contributed by atoms with van der Waals surface area (Å²) in [4.78, 5) is 12.3. The molecule has 0 unspecified atom stereocenters. The van der Waals surface area contributed by atoms with E-state index in [4.69, 9.17) is 4.42 Å². The summed E-state index contributed by atoms with van der Waals surface area (Å²) >= 11 is 0. The molecule has 1 amide bonds. The van der Waals surface area contributed by atoms with Crippen molar-refractivity contribution in [1.82, 2.24) is 15.5 Å². The maximum absolute atomic E-state index is 12.3. The highest BCUT2D eigenvalue weighted by molar-refractivity contribution is 5.94. The number of nitrogens with zero attached hydrogens (tertiary/aromatic N) is 1. The summed E-state index contributed by atoms with van der Waals surface area (Å²) in [6.45, 7) is 0.476. The van der Waals surface area contributed by atoms with Crippen molar-refractivity contribution in [2.24, 2.45) is 0 Å². The molecule has 0 spiro atoms. The van der Waals surface area contributed by atoms with Gasteiger partial charge >= 0.3 is 0 Å². The van der Waals surface area contributed by atoms with Crippen LogP contribution in [0.3, 0.4) is 0 Å². The highest BCUT2D eigenvalue weighted by atomic mass is 16.3. The maximum atomic E-state index is 12.3. The number of hydrogen-bond donors (Lipinski definition) is 2. The largest absolute Gasteiger partial charge is 0.464 e. The van der Waals surface area contributed by atoms with Crippen molar-refractivity contribution < 1.29 is 9.21 Å². The van der Waals surface area contributed by atoms with Crippen molar-refractivity contribution in [2.45, 2.75) is 6.54 Å². The van der Waals surface area contributed by atoms with Crippen LogP contribution >= 0.6 is 0 Å². The summed E-state index contributed by atoms with van der Waals surface area (Å²) < 4.78 is 5.32. The second-order valence-electron chi connectivity index (χ2n) is 5.54. The predicted octanol–water partition coefficient (Wildman–Crippen LogP) is 3.75. The van der Waals surface area contributed by atoms with Gasteiger partial charge in [-0.15, -0.1) is 0 Å². The molecule has 0 saturated heterocycles. The van der Waals surface area contributed by atoms with E-state index >= 15 is 0 Å². The quantitative estimate of drug-likeness (QED) is 0.602. The van der Waals surface area contributed by atoms with Crippen molar-refractivity contribution >= 4 is 16.9 Å². The molecule has 4 aromatic rings. The van der Waals surface area contributed by atoms with E-state index in [0.717, 1.165) is 27.7 Å². The zero-order chi connectivity index (χ0) is 16.4. The van der Waals surface area contributed by atoms with Gasteiger partial charge in [-0.2, -0.15) is 5.10 Å². The first-order valence-electron chi connectivity index (χ1n) is 7.63. The smallest absolute Gasteiger partial charge is 0.251 e. The number of H-pyrrole nitrogens is 1. The zero-order valence-electron chi connectivity index (χ0n) is 12.8. The molecule has 2 N–H and O–H groups in total. The number of nitrogens with one attached hydrogen (secondary N) is 2. The van der Waals surface area contributed by atoms with Crippen LogP contribution in [0.1, 0.15) is 15.9 Å². The SMILES string of the molecule is O=C(NCc1ccc2occc2c1)c1ccc(-c2cn[nH]c2)cc1. The van der Waals surface area contributed by atoms with Gasteiger partial charge in [0.25, 0.3) is 5.91 Å². The molecule has 0 fully saturated rings. The average molecular weight is 317 g/mol. The molecular weight excluding hydrogens is 302 g/mol. The molecule has 2 heterocycles. The fourth-order valence-electron chi connectivity index (χ4n) is 2.63. The number of fused-ring (bicyclic) bond motifs is 1. The molecule has 5 nitrogen and oxygen atoms in total. The third-order valence-electron chi connectivity index (χ3n) is 3.95. The number of benzene rings is 2. The normalized spacial score (nSPS) is 10.8. The second-order valence-corrected chi connectivity index (χ2v) is 5.54. The summed E-state index contributed by atoms with van der Waals surface area (Å²) in [5.41, 5.74) is 4.53. The van der Waals surface area contributed by atoms with Crippen molar-refractivity contribution in [2.75, 3.05) is 0 Å². The molecule has 0 saturated carbocycles. The van der Waals surface area contributed by atoms with Crippen LogP contribution < -0.4 is 5.32 Å². The van der Waals surface area contributed by atoms with Crippen molar-refractivity contribution in [3.63, 3.8) is 0 Å². The summed E-state index contributed by atoms with van der Waals surface area (Å²) in [5.74, 6) is -0.0963. The van der Waals surface area contributed by atoms with Crippen molar-refractivity contribution in [3.8, 4) is 11.1 Å². The summed E-state index contributed by atoms with van der Waals surface area (Å²) in [6.07, 6.45) is 5.23. The van der Waals surface area contributed by atoms with Crippen LogP contribution in [0.4, 0.5) is 0 Å². The minimum atomic E-state index is -0.0963. The number of aromatic nitrogens is 2. The van der Waals surface area contributed by atoms with E-state index in [1.165, 1.54) is 0 Å². The van der Waals surface area contributed by atoms with Crippen LogP contribution in [0.15, 0.2) is 71.6 Å². The third kappa shape index (κ3) is 2.79. The molecule has 0 radical (unpaired) electrons. The van der Waals surface area contributed by atoms with Crippen LogP contribution in [0, 0.1) is 0 Å². The molecular formula is C19H15N3O2. The number of carbonyl (C=O) groups is 1. The van der Waals surface area contributed by atoms with Gasteiger partial charge in [0.15, 0.2) is 0 Å². The van der Waals surface area contributed by atoms with Gasteiger partial charge in [0.2, 0.25) is 0 Å². The molecule has 2 aromatic carbocycles. The fourth-order valence-corrected chi connectivity index (χ4v) is 2.63. The van der Waals surface area contributed by atoms with E-state index in [9.17, 15) is 4.79 Å². The van der Waals surface area contributed by atoms with Crippen LogP contribution in [0.2, 0.25) is 0 Å². The van der Waals surface area contributed by atoms with Crippen LogP contribution in [0.25, 0.3) is 22.1 Å². The molecule has 0 bridgehead atoms. The number of hydrogen-bond acceptors (Lipinski definition) is 3. The Balaban J connectivity index is 1.43. The minimum Gasteiger partial charge on any atom is -0.464 e. The number of rotatable bonds is 4. The van der Waals surface area contributed by atoms with E-state index in [0.29, 0.717) is 12.1 Å². The van der Waals surface area contributed by atoms with Crippen LogP contribution in [0.5, 0.6) is 0 Å². The Morgan fingerprint density at radius 2 is 1.96 bits per heavy atom. The van der Waals surface area contributed by atoms with Gasteiger partial charge in [0, 0.05) is 29.3 Å². The first-order chi connectivity index (χ1) is 11.8. The van der Waals surface area contributed by atoms with Gasteiger partial charge in [-0.3, -0.25) is 9.89 Å². The lowest BCUT2D eigenvalue weighted by Crippen LogP contribution is -2.22. The van der Waals surface area contributed by atoms with E-state index in [1.54, 1.807) is 12.5 Å². The molecule has 0 aliphatic heterocycles. The lowest BCUT2D eigenvalue weighted by atomic mass is 10.1. The topological polar surface area (TPSA) is 70.9 Å². The Kier molecular flexibility index (Phi) is 3.59. The van der Waals surface area contributed by atoms with Crippen LogP contribution in [-0.4, -0.2) is 16.1 Å². The Labute approximate surface area is 138 Å². The minimum absolute atomic E-state index is 0.0963. The van der Waals surface area contributed by atoms with Crippen molar-refractivity contribution in [1.29, 1.82) is 0 Å². The predicted molar refractivity (Wildman–Crippen MR) is 91.4 cm³/mol. The number of amides is 1. The Morgan fingerprint density at radius 3 is 2.75 bits per heavy atom. The van der Waals surface area contributed by atoms with Gasteiger partial charge in [-0.1, -0.05) is 18.2 Å². The first kappa shape index (κ1) is 14.3. The Morgan fingerprint density at radius 1 is 1.08 bits per heavy atom. The molecule has 5 heteroatoms. The maximum Gasteiger partial charge on any atom is 0.251 e. The third-order valence-corrected chi connectivity index (χ3v) is 3.95. The molecule has 4 rings (SSSR count). The lowest BCUT2D eigenvalue weighted by Gasteiger charge is -2.06. The average Bonchev–Trinajstić information content (AvgIpc) is 3.31. The van der Waals surface area contributed by atoms with Crippen molar-refractivity contribution in [3.05, 3.63) is 78.3 Å². The fraction of sp³-hybridized carbons (Fsp3) is 0.0526. The Hall–Kier alpha value is -3.34. The van der Waals surface area contributed by atoms with E-state index < -0.39 is 0 Å². The van der Waals surface area contributed by atoms with E-state index in [1.807, 2.05) is 54.7 Å². The first-order valence-corrected chi connectivity index (χ1v) is 7.63. The van der Waals surface area contributed by atoms with Gasteiger partial charge in [-0.25, -0.2) is 0 Å². The number of carbonyl (C=O) groups excluding carboxylic acids is 1. The van der Waals surface area contributed by atoms with Gasteiger partial charge in [0.05, 0.1) is 12.5 Å². The van der Waals surface area contributed by atoms with Gasteiger partial charge in [-0.05, 0) is 41.5 Å². The number of aromatic amines is 1. The van der Waals surface area contributed by atoms with E-state index in [-0.39, 0.29) is 5.91 Å². The Bertz CT molecular complexity index is 969. The molecule has 24 heavy (non-hydrogen) atoms. The lowest BCUT2D eigenvalue weighted by molar-refractivity contribution is 0.0951. The highest BCUT2D eigenvalue weighted by Crippen LogP contribution is 2.19. The molecule has 0 aliphatic rings. The number of furan rings is 1. The monoisotopic (exact) mass is 317 g/mol. The molecule has 0 atom stereocenters. The van der Waals surface area contributed by atoms with Gasteiger partial charge < -0.3 is 9.73 Å². The highest BCUT2D eigenvalue weighted by Gasteiger charge is 2.07. The summed E-state index contributed by atoms with van der Waals surface area (Å²) in [6, 6.07) is 15.3. The van der Waals surface area contributed by atoms with Crippen LogP contribution in [-0.2, 0) is 6.54 Å². The molecule has 2 aromatic heterocycles. The second kappa shape index (κ2) is 6.04. The van der Waals surface area contributed by atoms with E-state index in [2.05, 4.69) is 15.5 Å².